The van der Waals surface area contributed by atoms with Crippen molar-refractivity contribution in [1.82, 2.24) is 24.8 Å². The smallest absolute Gasteiger partial charge is 0.251 e. The van der Waals surface area contributed by atoms with E-state index in [-0.39, 0.29) is 36.1 Å². The highest BCUT2D eigenvalue weighted by molar-refractivity contribution is 7.92. The molecule has 14 heteroatoms. The van der Waals surface area contributed by atoms with Gasteiger partial charge in [-0.05, 0) is 56.0 Å². The summed E-state index contributed by atoms with van der Waals surface area (Å²) < 4.78 is 28.0. The monoisotopic (exact) mass is 599 g/mol. The van der Waals surface area contributed by atoms with Crippen LogP contribution in [0.15, 0.2) is 35.9 Å². The number of pyridine rings is 1. The molecule has 0 aromatic carbocycles. The van der Waals surface area contributed by atoms with Crippen LogP contribution in [0.5, 0.6) is 0 Å². The van der Waals surface area contributed by atoms with E-state index in [4.69, 9.17) is 23.2 Å². The minimum atomic E-state index is -3.88. The van der Waals surface area contributed by atoms with E-state index in [0.29, 0.717) is 40.7 Å². The highest BCUT2D eigenvalue weighted by atomic mass is 35.5. The van der Waals surface area contributed by atoms with Crippen LogP contribution in [0, 0.1) is 0 Å². The zero-order valence-corrected chi connectivity index (χ0v) is 23.5. The van der Waals surface area contributed by atoms with Gasteiger partial charge < -0.3 is 15.1 Å². The lowest BCUT2D eigenvalue weighted by Crippen LogP contribution is -2.55. The van der Waals surface area contributed by atoms with E-state index in [9.17, 15) is 22.8 Å². The van der Waals surface area contributed by atoms with Gasteiger partial charge in [-0.25, -0.2) is 13.4 Å². The summed E-state index contributed by atoms with van der Waals surface area (Å²) in [7, 11) is -3.88. The van der Waals surface area contributed by atoms with Crippen molar-refractivity contribution in [3.05, 3.63) is 55.8 Å². The molecule has 2 fully saturated rings. The lowest BCUT2D eigenvalue weighted by molar-refractivity contribution is -0.143. The first-order chi connectivity index (χ1) is 18.1. The number of carbonyl (C=O) groups excluding carboxylic acids is 3. The van der Waals surface area contributed by atoms with Crippen LogP contribution in [0.2, 0.25) is 9.49 Å². The first-order valence-corrected chi connectivity index (χ1v) is 15.2. The summed E-state index contributed by atoms with van der Waals surface area (Å²) in [6, 6.07) is 5.24. The van der Waals surface area contributed by atoms with Gasteiger partial charge in [-0.2, -0.15) is 4.72 Å². The van der Waals surface area contributed by atoms with Crippen LogP contribution in [-0.2, 0) is 19.6 Å². The van der Waals surface area contributed by atoms with E-state index in [2.05, 4.69) is 15.0 Å². The van der Waals surface area contributed by atoms with Gasteiger partial charge in [0.05, 0.1) is 10.9 Å². The molecule has 10 nitrogen and oxygen atoms in total. The molecular formula is C24H27Cl2N5O5S2. The number of halogens is 2. The Morgan fingerprint density at radius 1 is 1.16 bits per heavy atom. The number of hydrogen-bond donors (Lipinski definition) is 2. The van der Waals surface area contributed by atoms with Gasteiger partial charge in [-0.1, -0.05) is 23.2 Å². The van der Waals surface area contributed by atoms with Crippen molar-refractivity contribution in [3.63, 3.8) is 0 Å². The number of thiophene rings is 1. The van der Waals surface area contributed by atoms with E-state index >= 15 is 0 Å². The molecule has 0 spiro atoms. The third-order valence-electron chi connectivity index (χ3n) is 6.35. The molecule has 2 aromatic rings. The number of carbonyl (C=O) groups is 3. The van der Waals surface area contributed by atoms with Gasteiger partial charge in [0.1, 0.15) is 11.2 Å². The van der Waals surface area contributed by atoms with Crippen molar-refractivity contribution in [2.24, 2.45) is 0 Å². The summed E-state index contributed by atoms with van der Waals surface area (Å²) in [6.45, 7) is 1.01. The van der Waals surface area contributed by atoms with Crippen LogP contribution >= 0.6 is 34.5 Å². The molecule has 0 unspecified atom stereocenters. The number of rotatable bonds is 9. The fraction of sp³-hybridized carbons (Fsp3) is 0.417. The Balaban J connectivity index is 1.31. The number of piperidine rings is 1. The second-order valence-corrected chi connectivity index (χ2v) is 12.8. The van der Waals surface area contributed by atoms with E-state index in [1.54, 1.807) is 23.1 Å². The van der Waals surface area contributed by atoms with Crippen molar-refractivity contribution in [3.8, 4) is 0 Å². The number of hydrogen-bond acceptors (Lipinski definition) is 7. The molecule has 2 aromatic heterocycles. The topological polar surface area (TPSA) is 129 Å². The summed E-state index contributed by atoms with van der Waals surface area (Å²) in [5, 5.41) is 4.06. The standard InChI is InChI=1S/C24H27Cl2N5O5S2/c25-20-13-16(7-9-27-20)23(33)28-14-17-3-1-11-31(17)22(32)15-30-10-2-4-19(24(30)34)29-38(35,36)12-8-18-5-6-21(26)37-18/h5-9,12-13,17,19,29H,1-4,10-11,14-15H2,(H,28,33)/b12-8+/t17-,19+/m1/s1. The Hall–Kier alpha value is -2.51. The third-order valence-corrected chi connectivity index (χ3v) is 8.86. The van der Waals surface area contributed by atoms with Gasteiger partial charge in [0.15, 0.2) is 0 Å². The zero-order valence-electron chi connectivity index (χ0n) is 20.3. The van der Waals surface area contributed by atoms with Crippen molar-refractivity contribution in [2.75, 3.05) is 26.2 Å². The second kappa shape index (κ2) is 12.6. The van der Waals surface area contributed by atoms with Gasteiger partial charge in [-0.15, -0.1) is 11.3 Å². The molecule has 2 aliphatic heterocycles. The van der Waals surface area contributed by atoms with Crippen LogP contribution in [-0.4, -0.2) is 79.2 Å². The SMILES string of the molecule is O=C(NC[C@H]1CCCN1C(=O)CN1CCC[C@H](NS(=O)(=O)/C=C/c2ccc(Cl)s2)C1=O)c1ccnc(Cl)c1. The molecule has 0 radical (unpaired) electrons. The molecular weight excluding hydrogens is 573 g/mol. The quantitative estimate of drug-likeness (QED) is 0.426. The zero-order chi connectivity index (χ0) is 27.3. The fourth-order valence-corrected chi connectivity index (χ4v) is 6.75. The Labute approximate surface area is 235 Å². The number of sulfonamides is 1. The molecule has 4 rings (SSSR count). The Bertz CT molecular complexity index is 1330. The van der Waals surface area contributed by atoms with Crippen LogP contribution in [0.3, 0.4) is 0 Å². The highest BCUT2D eigenvalue weighted by Gasteiger charge is 2.35. The molecule has 38 heavy (non-hydrogen) atoms. The predicted octanol–water partition coefficient (Wildman–Crippen LogP) is 2.75. The summed E-state index contributed by atoms with van der Waals surface area (Å²) in [6.07, 6.45) is 5.28. The molecule has 0 aliphatic carbocycles. The molecule has 2 aliphatic rings. The minimum absolute atomic E-state index is 0.148. The number of amides is 3. The van der Waals surface area contributed by atoms with Crippen molar-refractivity contribution >= 4 is 68.4 Å². The lowest BCUT2D eigenvalue weighted by Gasteiger charge is -2.34. The normalized spacial score (nSPS) is 20.3. The first kappa shape index (κ1) is 28.5. The van der Waals surface area contributed by atoms with Crippen LogP contribution in [0.25, 0.3) is 6.08 Å². The van der Waals surface area contributed by atoms with E-state index in [0.717, 1.165) is 18.2 Å². The number of aromatic nitrogens is 1. The largest absolute Gasteiger partial charge is 0.350 e. The average molecular weight is 601 g/mol. The molecule has 0 bridgehead atoms. The molecule has 2 N–H and O–H groups in total. The van der Waals surface area contributed by atoms with Gasteiger partial charge >= 0.3 is 0 Å². The van der Waals surface area contributed by atoms with Crippen LogP contribution in [0.1, 0.15) is 40.9 Å². The van der Waals surface area contributed by atoms with Gasteiger partial charge in [-0.3, -0.25) is 14.4 Å². The molecule has 2 saturated heterocycles. The van der Waals surface area contributed by atoms with E-state index < -0.39 is 22.0 Å². The van der Waals surface area contributed by atoms with E-state index in [1.165, 1.54) is 34.6 Å². The van der Waals surface area contributed by atoms with Gasteiger partial charge in [0.2, 0.25) is 21.8 Å². The van der Waals surface area contributed by atoms with Crippen molar-refractivity contribution in [2.45, 2.75) is 37.8 Å². The molecule has 204 valence electrons. The average Bonchev–Trinajstić information content (AvgIpc) is 3.52. The number of likely N-dealkylation sites (tertiary alicyclic amines) is 2. The maximum Gasteiger partial charge on any atom is 0.251 e. The minimum Gasteiger partial charge on any atom is -0.350 e. The number of nitrogens with zero attached hydrogens (tertiary/aromatic N) is 3. The molecule has 0 saturated carbocycles. The Morgan fingerprint density at radius 2 is 1.95 bits per heavy atom. The van der Waals surface area contributed by atoms with Gasteiger partial charge in [0, 0.05) is 47.7 Å². The summed E-state index contributed by atoms with van der Waals surface area (Å²) in [4.78, 5) is 46.2. The van der Waals surface area contributed by atoms with Gasteiger partial charge in [0.25, 0.3) is 5.91 Å². The van der Waals surface area contributed by atoms with Crippen molar-refractivity contribution < 1.29 is 22.8 Å². The predicted molar refractivity (Wildman–Crippen MR) is 146 cm³/mol. The summed E-state index contributed by atoms with van der Waals surface area (Å²) in [5.74, 6) is -0.981. The Morgan fingerprint density at radius 3 is 2.68 bits per heavy atom. The lowest BCUT2D eigenvalue weighted by atomic mass is 10.1. The molecule has 2 atom stereocenters. The maximum absolute atomic E-state index is 13.1. The summed E-state index contributed by atoms with van der Waals surface area (Å²) >= 11 is 13.0. The van der Waals surface area contributed by atoms with Crippen molar-refractivity contribution in [1.29, 1.82) is 0 Å². The fourth-order valence-electron chi connectivity index (χ4n) is 4.51. The highest BCUT2D eigenvalue weighted by Crippen LogP contribution is 2.23. The number of nitrogens with one attached hydrogen (secondary N) is 2. The first-order valence-electron chi connectivity index (χ1n) is 12.0. The van der Waals surface area contributed by atoms with E-state index in [1.807, 2.05) is 0 Å². The third kappa shape index (κ3) is 7.54. The second-order valence-electron chi connectivity index (χ2n) is 9.02. The molecule has 4 heterocycles. The Kier molecular flexibility index (Phi) is 9.42. The van der Waals surface area contributed by atoms with Crippen LogP contribution < -0.4 is 10.0 Å². The van der Waals surface area contributed by atoms with Crippen LogP contribution in [0.4, 0.5) is 0 Å². The summed E-state index contributed by atoms with van der Waals surface area (Å²) in [5.41, 5.74) is 0.377. The molecule has 3 amide bonds. The maximum atomic E-state index is 13.1.